The Morgan fingerprint density at radius 2 is 1.73 bits per heavy atom. The first-order valence-electron chi connectivity index (χ1n) is 9.89. The molecule has 9 nitrogen and oxygen atoms in total. The average molecular weight is 415 g/mol. The summed E-state index contributed by atoms with van der Waals surface area (Å²) in [4.78, 5) is 0. The molecule has 0 radical (unpaired) electrons. The molecule has 30 heavy (non-hydrogen) atoms. The highest BCUT2D eigenvalue weighted by Gasteiger charge is 2.44. The quantitative estimate of drug-likeness (QED) is 0.450. The fourth-order valence-corrected chi connectivity index (χ4v) is 3.55. The van der Waals surface area contributed by atoms with Gasteiger partial charge in [0.25, 0.3) is 0 Å². The number of rotatable bonds is 6. The summed E-state index contributed by atoms with van der Waals surface area (Å²) in [6, 6.07) is 13.4. The van der Waals surface area contributed by atoms with Crippen LogP contribution >= 0.6 is 0 Å². The van der Waals surface area contributed by atoms with Gasteiger partial charge < -0.3 is 29.9 Å². The molecule has 0 saturated carbocycles. The van der Waals surface area contributed by atoms with E-state index in [1.165, 1.54) is 5.56 Å². The predicted octanol–water partition coefficient (Wildman–Crippen LogP) is 0.221. The van der Waals surface area contributed by atoms with Gasteiger partial charge in [0.2, 0.25) is 6.29 Å². The molecule has 0 spiro atoms. The van der Waals surface area contributed by atoms with Gasteiger partial charge in [-0.3, -0.25) is 0 Å². The molecule has 4 N–H and O–H groups in total. The monoisotopic (exact) mass is 415 g/mol. The minimum absolute atomic E-state index is 0.354. The largest absolute Gasteiger partial charge is 0.460 e. The minimum Gasteiger partial charge on any atom is -0.460 e. The third kappa shape index (κ3) is 3.90. The van der Waals surface area contributed by atoms with E-state index in [4.69, 9.17) is 9.47 Å². The molecule has 9 heteroatoms. The van der Waals surface area contributed by atoms with Gasteiger partial charge in [0.15, 0.2) is 5.75 Å². The molecule has 3 aromatic rings. The lowest BCUT2D eigenvalue weighted by atomic mass is 9.99. The molecule has 1 unspecified atom stereocenters. The van der Waals surface area contributed by atoms with E-state index >= 15 is 0 Å². The summed E-state index contributed by atoms with van der Waals surface area (Å²) >= 11 is 0. The first kappa shape index (κ1) is 20.7. The number of nitrogens with zero attached hydrogens (tertiary/aromatic N) is 3. The molecule has 0 aliphatic carbocycles. The second kappa shape index (κ2) is 8.66. The van der Waals surface area contributed by atoms with Crippen molar-refractivity contribution >= 4 is 11.0 Å². The second-order valence-electron chi connectivity index (χ2n) is 7.36. The van der Waals surface area contributed by atoms with E-state index in [1.807, 2.05) is 12.1 Å². The maximum Gasteiger partial charge on any atom is 0.229 e. The van der Waals surface area contributed by atoms with Gasteiger partial charge in [0, 0.05) is 0 Å². The molecule has 0 bridgehead atoms. The topological polar surface area (TPSA) is 130 Å². The van der Waals surface area contributed by atoms with E-state index in [2.05, 4.69) is 29.4 Å². The Morgan fingerprint density at radius 1 is 1.00 bits per heavy atom. The van der Waals surface area contributed by atoms with Crippen LogP contribution in [0.15, 0.2) is 42.5 Å². The summed E-state index contributed by atoms with van der Waals surface area (Å²) in [6.07, 6.45) is -5.82. The Labute approximate surface area is 173 Å². The van der Waals surface area contributed by atoms with E-state index in [9.17, 15) is 20.4 Å². The summed E-state index contributed by atoms with van der Waals surface area (Å²) in [6.45, 7) is 2.04. The first-order chi connectivity index (χ1) is 14.5. The maximum atomic E-state index is 10.3. The standard InChI is InChI=1S/C21H25N3O6/c1-2-12-6-8-13(9-7-12)10-24-17-14(22-23-24)4-3-5-15(17)29-21-20(28)19(27)18(26)16(11-25)30-21/h3-9,16,18-21,25-28H,2,10-11H2,1H3/t16-,18-,19+,20-,21?/m0/s1. The van der Waals surface area contributed by atoms with Crippen LogP contribution in [-0.2, 0) is 17.7 Å². The van der Waals surface area contributed by atoms with Gasteiger partial charge in [-0.1, -0.05) is 42.5 Å². The zero-order valence-corrected chi connectivity index (χ0v) is 16.5. The van der Waals surface area contributed by atoms with Crippen molar-refractivity contribution in [3.63, 3.8) is 0 Å². The number of fused-ring (bicyclic) bond motifs is 1. The number of aryl methyl sites for hydroxylation is 1. The first-order valence-corrected chi connectivity index (χ1v) is 9.89. The van der Waals surface area contributed by atoms with Crippen molar-refractivity contribution in [1.82, 2.24) is 15.0 Å². The van der Waals surface area contributed by atoms with Crippen LogP contribution in [0, 0.1) is 0 Å². The van der Waals surface area contributed by atoms with Gasteiger partial charge in [0.05, 0.1) is 13.2 Å². The summed E-state index contributed by atoms with van der Waals surface area (Å²) in [5.41, 5.74) is 3.49. The van der Waals surface area contributed by atoms with Crippen LogP contribution in [-0.4, -0.2) is 72.7 Å². The fourth-order valence-electron chi connectivity index (χ4n) is 3.55. The molecule has 0 amide bonds. The number of para-hydroxylation sites is 1. The predicted molar refractivity (Wildman–Crippen MR) is 107 cm³/mol. The number of hydrogen-bond acceptors (Lipinski definition) is 8. The molecule has 1 aliphatic rings. The van der Waals surface area contributed by atoms with Crippen LogP contribution in [0.4, 0.5) is 0 Å². The van der Waals surface area contributed by atoms with Crippen molar-refractivity contribution in [3.8, 4) is 5.75 Å². The molecule has 1 aliphatic heterocycles. The highest BCUT2D eigenvalue weighted by atomic mass is 16.7. The highest BCUT2D eigenvalue weighted by Crippen LogP contribution is 2.29. The minimum atomic E-state index is -1.51. The lowest BCUT2D eigenvalue weighted by Gasteiger charge is -2.39. The Balaban J connectivity index is 1.62. The molecule has 5 atom stereocenters. The molecule has 1 saturated heterocycles. The Kier molecular flexibility index (Phi) is 5.98. The van der Waals surface area contributed by atoms with Crippen LogP contribution in [0.25, 0.3) is 11.0 Å². The summed E-state index contributed by atoms with van der Waals surface area (Å²) in [5, 5.41) is 48.0. The number of aliphatic hydroxyl groups is 4. The van der Waals surface area contributed by atoms with Crippen molar-refractivity contribution in [2.45, 2.75) is 50.6 Å². The maximum absolute atomic E-state index is 10.3. The average Bonchev–Trinajstić information content (AvgIpc) is 3.18. The lowest BCUT2D eigenvalue weighted by molar-refractivity contribution is -0.277. The van der Waals surface area contributed by atoms with Gasteiger partial charge in [-0.15, -0.1) is 5.10 Å². The summed E-state index contributed by atoms with van der Waals surface area (Å²) in [5.74, 6) is 0.354. The smallest absolute Gasteiger partial charge is 0.229 e. The third-order valence-corrected chi connectivity index (χ3v) is 5.35. The van der Waals surface area contributed by atoms with Crippen molar-refractivity contribution in [2.75, 3.05) is 6.61 Å². The molecular formula is C21H25N3O6. The number of benzene rings is 2. The van der Waals surface area contributed by atoms with Crippen LogP contribution in [0.2, 0.25) is 0 Å². The van der Waals surface area contributed by atoms with Crippen molar-refractivity contribution in [1.29, 1.82) is 0 Å². The zero-order valence-electron chi connectivity index (χ0n) is 16.5. The molecule has 4 rings (SSSR count). The van der Waals surface area contributed by atoms with Crippen LogP contribution in [0.5, 0.6) is 5.75 Å². The molecule has 2 heterocycles. The van der Waals surface area contributed by atoms with Gasteiger partial charge in [0.1, 0.15) is 35.4 Å². The van der Waals surface area contributed by atoms with E-state index in [1.54, 1.807) is 22.9 Å². The summed E-state index contributed by atoms with van der Waals surface area (Å²) in [7, 11) is 0. The van der Waals surface area contributed by atoms with Crippen LogP contribution in [0.3, 0.4) is 0 Å². The molecule has 1 aromatic heterocycles. The van der Waals surface area contributed by atoms with E-state index in [0.29, 0.717) is 23.3 Å². The SMILES string of the molecule is CCc1ccc(Cn2nnc3cccc(OC4O[C@@H](CO)[C@H](O)[C@@H](O)[C@@H]4O)c32)cc1. The van der Waals surface area contributed by atoms with Crippen molar-refractivity contribution < 1.29 is 29.9 Å². The number of hydrogen-bond donors (Lipinski definition) is 4. The molecular weight excluding hydrogens is 390 g/mol. The van der Waals surface area contributed by atoms with Crippen molar-refractivity contribution in [3.05, 3.63) is 53.6 Å². The van der Waals surface area contributed by atoms with Gasteiger partial charge in [-0.05, 0) is 29.7 Å². The van der Waals surface area contributed by atoms with E-state index < -0.39 is 37.3 Å². The fraction of sp³-hybridized carbons (Fsp3) is 0.429. The highest BCUT2D eigenvalue weighted by molar-refractivity contribution is 5.81. The Bertz CT molecular complexity index is 990. The lowest BCUT2D eigenvalue weighted by Crippen LogP contribution is -2.60. The normalized spacial score (nSPS) is 26.8. The zero-order chi connectivity index (χ0) is 21.3. The molecule has 160 valence electrons. The Hall–Kier alpha value is -2.56. The van der Waals surface area contributed by atoms with E-state index in [0.717, 1.165) is 12.0 Å². The molecule has 1 fully saturated rings. The van der Waals surface area contributed by atoms with Crippen LogP contribution < -0.4 is 4.74 Å². The summed E-state index contributed by atoms with van der Waals surface area (Å²) < 4.78 is 13.0. The van der Waals surface area contributed by atoms with Gasteiger partial charge in [-0.25, -0.2) is 4.68 Å². The third-order valence-electron chi connectivity index (χ3n) is 5.35. The number of aliphatic hydroxyl groups excluding tert-OH is 4. The van der Waals surface area contributed by atoms with Crippen molar-refractivity contribution in [2.24, 2.45) is 0 Å². The second-order valence-corrected chi connectivity index (χ2v) is 7.36. The van der Waals surface area contributed by atoms with Gasteiger partial charge in [-0.2, -0.15) is 0 Å². The van der Waals surface area contributed by atoms with E-state index in [-0.39, 0.29) is 0 Å². The Morgan fingerprint density at radius 3 is 2.43 bits per heavy atom. The molecule has 2 aromatic carbocycles. The number of aromatic nitrogens is 3. The van der Waals surface area contributed by atoms with Crippen LogP contribution in [0.1, 0.15) is 18.1 Å². The number of ether oxygens (including phenoxy) is 2. The van der Waals surface area contributed by atoms with Gasteiger partial charge >= 0.3 is 0 Å².